The Kier molecular flexibility index (Phi) is 41.5. The second-order valence-corrected chi connectivity index (χ2v) is 18.1. The molecular weight excluding hydrogens is 877 g/mol. The quantitative estimate of drug-likeness (QED) is 0.0228. The molecule has 0 spiro atoms. The fraction of sp³-hybridized carbons (Fsp3) is 0.719. The summed E-state index contributed by atoms with van der Waals surface area (Å²) in [5.41, 5.74) is 0. The van der Waals surface area contributed by atoms with Crippen LogP contribution in [0.4, 0.5) is 0 Å². The maximum atomic E-state index is 13.0. The lowest BCUT2D eigenvalue weighted by Gasteiger charge is -2.40. The Hall–Kier alpha value is -3.84. The van der Waals surface area contributed by atoms with E-state index in [2.05, 4.69) is 81.5 Å². The molecule has 0 saturated carbocycles. The number of ether oxygens (including phenoxy) is 5. The van der Waals surface area contributed by atoms with E-state index in [-0.39, 0.29) is 25.9 Å². The van der Waals surface area contributed by atoms with E-state index in [0.29, 0.717) is 19.3 Å². The average Bonchev–Trinajstić information content (AvgIpc) is 3.33. The number of aliphatic hydroxyl groups is 2. The van der Waals surface area contributed by atoms with E-state index in [1.165, 1.54) is 51.4 Å². The third-order valence-corrected chi connectivity index (χ3v) is 11.8. The van der Waals surface area contributed by atoms with Crippen LogP contribution in [0.25, 0.3) is 0 Å². The third kappa shape index (κ3) is 35.8. The van der Waals surface area contributed by atoms with Crippen molar-refractivity contribution in [2.24, 2.45) is 0 Å². The number of hydrogen-bond donors (Lipinski definition) is 3. The van der Waals surface area contributed by atoms with Crippen LogP contribution in [0.1, 0.15) is 213 Å². The summed E-state index contributed by atoms with van der Waals surface area (Å²) in [5.74, 6) is -3.26. The number of carbonyl (C=O) groups is 4. The molecule has 0 aromatic rings. The summed E-state index contributed by atoms with van der Waals surface area (Å²) < 4.78 is 28.2. The fourth-order valence-corrected chi connectivity index (χ4v) is 7.59. The van der Waals surface area contributed by atoms with Crippen LogP contribution in [0.3, 0.4) is 0 Å². The molecule has 0 amide bonds. The molecule has 3 N–H and O–H groups in total. The van der Waals surface area contributed by atoms with Gasteiger partial charge in [-0.1, -0.05) is 177 Å². The van der Waals surface area contributed by atoms with Gasteiger partial charge < -0.3 is 39.0 Å². The average molecular weight is 971 g/mol. The van der Waals surface area contributed by atoms with Crippen LogP contribution >= 0.6 is 0 Å². The molecule has 0 aliphatic carbocycles. The Balaban J connectivity index is 2.76. The van der Waals surface area contributed by atoms with E-state index in [4.69, 9.17) is 23.7 Å². The van der Waals surface area contributed by atoms with Gasteiger partial charge in [0, 0.05) is 19.3 Å². The van der Waals surface area contributed by atoms with Crippen molar-refractivity contribution < 1.29 is 58.2 Å². The van der Waals surface area contributed by atoms with E-state index in [1.54, 1.807) is 0 Å². The van der Waals surface area contributed by atoms with Gasteiger partial charge in [0.15, 0.2) is 24.6 Å². The number of allylic oxidation sites excluding steroid dienone is 12. The van der Waals surface area contributed by atoms with E-state index < -0.39 is 67.3 Å². The number of aliphatic hydroxyl groups excluding tert-OH is 2. The van der Waals surface area contributed by atoms with Crippen LogP contribution in [0, 0.1) is 0 Å². The smallest absolute Gasteiger partial charge is 0.335 e. The number of rotatable bonds is 44. The summed E-state index contributed by atoms with van der Waals surface area (Å²) in [6.45, 7) is 5.73. The van der Waals surface area contributed by atoms with Gasteiger partial charge in [0.2, 0.25) is 0 Å². The van der Waals surface area contributed by atoms with Crippen LogP contribution in [-0.2, 0) is 42.9 Å². The van der Waals surface area contributed by atoms with Gasteiger partial charge >= 0.3 is 23.9 Å². The zero-order valence-electron chi connectivity index (χ0n) is 43.0. The van der Waals surface area contributed by atoms with Gasteiger partial charge in [-0.15, -0.1) is 0 Å². The van der Waals surface area contributed by atoms with Crippen LogP contribution in [0.2, 0.25) is 0 Å². The van der Waals surface area contributed by atoms with Gasteiger partial charge in [-0.3, -0.25) is 14.4 Å². The first kappa shape index (κ1) is 63.2. The van der Waals surface area contributed by atoms with Gasteiger partial charge in [-0.25, -0.2) is 4.79 Å². The lowest BCUT2D eigenvalue weighted by Crippen LogP contribution is -2.61. The number of aliphatic carboxylic acids is 1. The molecule has 12 nitrogen and oxygen atoms in total. The van der Waals surface area contributed by atoms with Gasteiger partial charge in [0.05, 0.1) is 6.61 Å². The molecule has 6 unspecified atom stereocenters. The molecule has 1 aliphatic rings. The van der Waals surface area contributed by atoms with Crippen molar-refractivity contribution >= 4 is 23.9 Å². The van der Waals surface area contributed by atoms with E-state index in [9.17, 15) is 34.5 Å². The van der Waals surface area contributed by atoms with Crippen LogP contribution < -0.4 is 0 Å². The zero-order valence-corrected chi connectivity index (χ0v) is 43.0. The Morgan fingerprint density at radius 2 is 0.957 bits per heavy atom. The molecule has 1 rings (SSSR count). The summed E-state index contributed by atoms with van der Waals surface area (Å²) in [6, 6.07) is 0. The molecule has 69 heavy (non-hydrogen) atoms. The van der Waals surface area contributed by atoms with Crippen molar-refractivity contribution in [2.75, 3.05) is 13.2 Å². The number of hydrogen-bond acceptors (Lipinski definition) is 11. The standard InChI is InChI=1S/C57H94O12/c1-4-7-10-13-16-19-22-24-25-27-30-33-36-39-42-45-51(60)68-55-53(62)52(61)54(56(63)64)69-57(55)66-47-48(67-50(59)44-41-38-35-32-28-21-18-15-12-9-6-3)46-65-49(58)43-40-37-34-31-29-26-23-20-17-14-11-8-5-2/h8,11,15,17-18,20,24-26,29,34,37,48,52-55,57,61-62H,4-7,9-10,12-14,16,19,21-23,27-28,30-33,35-36,38-47H2,1-3H3,(H,63,64)/b11-8-,18-15-,20-17-,25-24-,29-26-,37-34-. The van der Waals surface area contributed by atoms with Crippen LogP contribution in [-0.4, -0.2) is 89.2 Å². The molecule has 0 aromatic carbocycles. The molecule has 1 saturated heterocycles. The third-order valence-electron chi connectivity index (χ3n) is 11.8. The summed E-state index contributed by atoms with van der Waals surface area (Å²) in [6.07, 6.45) is 43.3. The fourth-order valence-electron chi connectivity index (χ4n) is 7.59. The molecular formula is C57H94O12. The maximum Gasteiger partial charge on any atom is 0.335 e. The van der Waals surface area contributed by atoms with Crippen molar-refractivity contribution in [1.29, 1.82) is 0 Å². The molecule has 0 bridgehead atoms. The second kappa shape index (κ2) is 45.3. The molecule has 0 radical (unpaired) electrons. The number of carboxylic acid groups (broad SMARTS) is 1. The number of esters is 3. The second-order valence-electron chi connectivity index (χ2n) is 18.1. The van der Waals surface area contributed by atoms with Gasteiger partial charge in [0.25, 0.3) is 0 Å². The van der Waals surface area contributed by atoms with Crippen molar-refractivity contribution in [2.45, 2.75) is 250 Å². The minimum absolute atomic E-state index is 0.0414. The highest BCUT2D eigenvalue weighted by molar-refractivity contribution is 5.74. The minimum atomic E-state index is -1.91. The molecule has 394 valence electrons. The molecule has 6 atom stereocenters. The number of carboxylic acids is 1. The Labute approximate surface area is 417 Å². The predicted octanol–water partition coefficient (Wildman–Crippen LogP) is 13.0. The SMILES string of the molecule is CC/C=C\C/C=C\C/C=C\C/C=C\CCC(=O)OCC(COC1OC(C(=O)O)C(O)C(O)C1OC(=O)CCCCCCC/C=C\CCCCCCCC)OC(=O)CCCCCCC/C=C\CCCC. The Morgan fingerprint density at radius 3 is 1.49 bits per heavy atom. The highest BCUT2D eigenvalue weighted by Gasteiger charge is 2.50. The molecule has 12 heteroatoms. The number of unbranched alkanes of at least 4 members (excludes halogenated alkanes) is 18. The normalized spacial score (nSPS) is 19.2. The van der Waals surface area contributed by atoms with Gasteiger partial charge in [0.1, 0.15) is 18.8 Å². The van der Waals surface area contributed by atoms with Gasteiger partial charge in [-0.2, -0.15) is 0 Å². The Bertz CT molecular complexity index is 1480. The van der Waals surface area contributed by atoms with E-state index in [1.807, 2.05) is 12.2 Å². The largest absolute Gasteiger partial charge is 0.479 e. The lowest BCUT2D eigenvalue weighted by atomic mass is 9.98. The lowest BCUT2D eigenvalue weighted by molar-refractivity contribution is -0.301. The molecule has 1 fully saturated rings. The van der Waals surface area contributed by atoms with Crippen molar-refractivity contribution in [3.63, 3.8) is 0 Å². The highest BCUT2D eigenvalue weighted by Crippen LogP contribution is 2.26. The van der Waals surface area contributed by atoms with Crippen molar-refractivity contribution in [1.82, 2.24) is 0 Å². The van der Waals surface area contributed by atoms with Crippen molar-refractivity contribution in [3.8, 4) is 0 Å². The van der Waals surface area contributed by atoms with E-state index in [0.717, 1.165) is 103 Å². The molecule has 1 aliphatic heterocycles. The van der Waals surface area contributed by atoms with Crippen LogP contribution in [0.5, 0.6) is 0 Å². The first-order chi connectivity index (χ1) is 33.6. The zero-order chi connectivity index (χ0) is 50.4. The highest BCUT2D eigenvalue weighted by atomic mass is 16.7. The minimum Gasteiger partial charge on any atom is -0.479 e. The topological polar surface area (TPSA) is 175 Å². The maximum absolute atomic E-state index is 13.0. The first-order valence-corrected chi connectivity index (χ1v) is 26.9. The monoisotopic (exact) mass is 971 g/mol. The first-order valence-electron chi connectivity index (χ1n) is 26.9. The van der Waals surface area contributed by atoms with Crippen LogP contribution in [0.15, 0.2) is 72.9 Å². The summed E-state index contributed by atoms with van der Waals surface area (Å²) >= 11 is 0. The summed E-state index contributed by atoms with van der Waals surface area (Å²) in [7, 11) is 0. The Morgan fingerprint density at radius 1 is 0.493 bits per heavy atom. The van der Waals surface area contributed by atoms with Gasteiger partial charge in [-0.05, 0) is 89.9 Å². The molecule has 0 aromatic heterocycles. The van der Waals surface area contributed by atoms with Crippen molar-refractivity contribution in [3.05, 3.63) is 72.9 Å². The number of carbonyl (C=O) groups excluding carboxylic acids is 3. The summed E-state index contributed by atoms with van der Waals surface area (Å²) in [4.78, 5) is 50.8. The molecule has 1 heterocycles. The van der Waals surface area contributed by atoms with E-state index >= 15 is 0 Å². The summed E-state index contributed by atoms with van der Waals surface area (Å²) in [5, 5.41) is 31.3. The predicted molar refractivity (Wildman–Crippen MR) is 275 cm³/mol.